The predicted octanol–water partition coefficient (Wildman–Crippen LogP) is 1.69. The Morgan fingerprint density at radius 1 is 1.35 bits per heavy atom. The highest BCUT2D eigenvalue weighted by molar-refractivity contribution is 5.63. The zero-order chi connectivity index (χ0) is 11.8. The number of nitrogens with zero attached hydrogens (tertiary/aromatic N) is 2. The molecule has 1 aliphatic rings. The molecular weight excluding hydrogens is 212 g/mol. The summed E-state index contributed by atoms with van der Waals surface area (Å²) in [5.41, 5.74) is 9.15. The van der Waals surface area contributed by atoms with Crippen molar-refractivity contribution in [3.63, 3.8) is 0 Å². The van der Waals surface area contributed by atoms with Gasteiger partial charge in [0.05, 0.1) is 5.69 Å². The first-order valence-corrected chi connectivity index (χ1v) is 5.82. The zero-order valence-electron chi connectivity index (χ0n) is 9.85. The number of aromatic nitrogens is 2. The molecule has 0 aliphatic carbocycles. The van der Waals surface area contributed by atoms with Crippen molar-refractivity contribution in [1.82, 2.24) is 15.1 Å². The molecule has 88 valence electrons. The smallest absolute Gasteiger partial charge is 0.145 e. The lowest BCUT2D eigenvalue weighted by Crippen LogP contribution is -2.41. The number of rotatable bonds is 2. The molecule has 0 unspecified atom stereocenters. The van der Waals surface area contributed by atoms with Crippen LogP contribution < -0.4 is 5.73 Å². The van der Waals surface area contributed by atoms with E-state index < -0.39 is 0 Å². The molecule has 4 nitrogen and oxygen atoms in total. The molecule has 0 saturated carbocycles. The first-order valence-electron chi connectivity index (χ1n) is 5.82. The van der Waals surface area contributed by atoms with Crippen LogP contribution in [0.3, 0.4) is 0 Å². The number of anilines is 1. The summed E-state index contributed by atoms with van der Waals surface area (Å²) < 4.78 is 0. The first-order chi connectivity index (χ1) is 8.22. The summed E-state index contributed by atoms with van der Waals surface area (Å²) >= 11 is 0. The minimum atomic E-state index is 0.536. The van der Waals surface area contributed by atoms with E-state index >= 15 is 0 Å². The van der Waals surface area contributed by atoms with Gasteiger partial charge in [-0.1, -0.05) is 18.2 Å². The molecule has 0 spiro atoms. The number of aromatic amines is 1. The van der Waals surface area contributed by atoms with Gasteiger partial charge in [-0.25, -0.2) is 0 Å². The highest BCUT2D eigenvalue weighted by Gasteiger charge is 2.24. The van der Waals surface area contributed by atoms with Crippen LogP contribution in [0, 0.1) is 0 Å². The Bertz CT molecular complexity index is 526. The number of likely N-dealkylation sites (tertiary alicyclic amines) is 1. The highest BCUT2D eigenvalue weighted by Crippen LogP contribution is 2.28. The monoisotopic (exact) mass is 228 g/mol. The normalized spacial score (nSPS) is 17.0. The Hall–Kier alpha value is -1.81. The number of nitrogens with one attached hydrogen (secondary N) is 1. The van der Waals surface area contributed by atoms with Gasteiger partial charge in [-0.05, 0) is 24.2 Å². The van der Waals surface area contributed by atoms with Crippen molar-refractivity contribution in [2.75, 3.05) is 25.9 Å². The van der Waals surface area contributed by atoms with Crippen molar-refractivity contribution in [2.24, 2.45) is 0 Å². The molecular formula is C13H16N4. The zero-order valence-corrected chi connectivity index (χ0v) is 9.85. The third-order valence-corrected chi connectivity index (χ3v) is 3.33. The average molecular weight is 228 g/mol. The maximum absolute atomic E-state index is 5.62. The fraction of sp³-hybridized carbons (Fsp3) is 0.308. The van der Waals surface area contributed by atoms with Crippen LogP contribution in [0.4, 0.5) is 5.82 Å². The Morgan fingerprint density at radius 3 is 2.82 bits per heavy atom. The van der Waals surface area contributed by atoms with E-state index in [1.54, 1.807) is 0 Å². The van der Waals surface area contributed by atoms with Gasteiger partial charge in [-0.15, -0.1) is 0 Å². The largest absolute Gasteiger partial charge is 0.382 e. The van der Waals surface area contributed by atoms with Crippen molar-refractivity contribution < 1.29 is 0 Å². The topological polar surface area (TPSA) is 57.9 Å². The van der Waals surface area contributed by atoms with E-state index in [1.165, 1.54) is 5.56 Å². The van der Waals surface area contributed by atoms with Crippen molar-refractivity contribution in [3.05, 3.63) is 35.9 Å². The maximum Gasteiger partial charge on any atom is 0.145 e. The van der Waals surface area contributed by atoms with Gasteiger partial charge in [-0.2, -0.15) is 5.10 Å². The van der Waals surface area contributed by atoms with Crippen LogP contribution in [-0.2, 0) is 0 Å². The van der Waals surface area contributed by atoms with Gasteiger partial charge in [0, 0.05) is 25.1 Å². The van der Waals surface area contributed by atoms with Crippen LogP contribution in [-0.4, -0.2) is 35.2 Å². The van der Waals surface area contributed by atoms with Gasteiger partial charge in [0.1, 0.15) is 5.82 Å². The van der Waals surface area contributed by atoms with E-state index in [-0.39, 0.29) is 0 Å². The molecule has 3 rings (SSSR count). The van der Waals surface area contributed by atoms with E-state index in [9.17, 15) is 0 Å². The van der Waals surface area contributed by atoms with E-state index in [2.05, 4.69) is 46.4 Å². The van der Waals surface area contributed by atoms with Gasteiger partial charge >= 0.3 is 0 Å². The summed E-state index contributed by atoms with van der Waals surface area (Å²) in [6.07, 6.45) is 0. The molecule has 4 heteroatoms. The Balaban J connectivity index is 1.89. The standard InChI is InChI=1S/C13H16N4/c1-17-7-11(8-17)9-3-2-4-10(5-9)12-6-13(14)16-15-12/h2-6,11H,7-8H2,1H3,(H3,14,15,16). The van der Waals surface area contributed by atoms with Crippen LogP contribution in [0.15, 0.2) is 30.3 Å². The maximum atomic E-state index is 5.62. The van der Waals surface area contributed by atoms with Crippen molar-refractivity contribution in [1.29, 1.82) is 0 Å². The summed E-state index contributed by atoms with van der Waals surface area (Å²) in [7, 11) is 2.15. The molecule has 2 heterocycles. The van der Waals surface area contributed by atoms with E-state index in [0.717, 1.165) is 24.3 Å². The van der Waals surface area contributed by atoms with Gasteiger partial charge in [0.25, 0.3) is 0 Å². The third kappa shape index (κ3) is 1.91. The second-order valence-electron chi connectivity index (χ2n) is 4.75. The second-order valence-corrected chi connectivity index (χ2v) is 4.75. The quantitative estimate of drug-likeness (QED) is 0.822. The van der Waals surface area contributed by atoms with E-state index in [4.69, 9.17) is 5.73 Å². The molecule has 17 heavy (non-hydrogen) atoms. The molecule has 3 N–H and O–H groups in total. The Kier molecular flexibility index (Phi) is 2.37. The van der Waals surface area contributed by atoms with Gasteiger partial charge < -0.3 is 10.6 Å². The molecule has 1 aromatic carbocycles. The average Bonchev–Trinajstić information content (AvgIpc) is 2.72. The fourth-order valence-electron chi connectivity index (χ4n) is 2.36. The van der Waals surface area contributed by atoms with Gasteiger partial charge in [0.2, 0.25) is 0 Å². The van der Waals surface area contributed by atoms with Crippen LogP contribution in [0.2, 0.25) is 0 Å². The molecule has 0 bridgehead atoms. The molecule has 1 aliphatic heterocycles. The molecule has 1 fully saturated rings. The number of nitrogen functional groups attached to an aromatic ring is 1. The molecule has 0 radical (unpaired) electrons. The number of hydrogen-bond donors (Lipinski definition) is 2. The number of H-pyrrole nitrogens is 1. The fourth-order valence-corrected chi connectivity index (χ4v) is 2.36. The minimum absolute atomic E-state index is 0.536. The summed E-state index contributed by atoms with van der Waals surface area (Å²) in [5, 5.41) is 6.91. The lowest BCUT2D eigenvalue weighted by molar-refractivity contribution is 0.190. The summed E-state index contributed by atoms with van der Waals surface area (Å²) in [5.74, 6) is 1.20. The lowest BCUT2D eigenvalue weighted by Gasteiger charge is -2.36. The van der Waals surface area contributed by atoms with Gasteiger partial charge in [-0.3, -0.25) is 5.10 Å². The number of likely N-dealkylation sites (N-methyl/N-ethyl adjacent to an activating group) is 1. The molecule has 1 aromatic heterocycles. The summed E-state index contributed by atoms with van der Waals surface area (Å²) in [6, 6.07) is 10.5. The van der Waals surface area contributed by atoms with Crippen molar-refractivity contribution in [3.8, 4) is 11.3 Å². The number of benzene rings is 1. The number of nitrogens with two attached hydrogens (primary N) is 1. The van der Waals surface area contributed by atoms with E-state index in [0.29, 0.717) is 11.7 Å². The van der Waals surface area contributed by atoms with Crippen molar-refractivity contribution >= 4 is 5.82 Å². The SMILES string of the molecule is CN1CC(c2cccc(-c3cc(N)n[nH]3)c2)C1. The Labute approximate surface area is 100 Å². The number of hydrogen-bond acceptors (Lipinski definition) is 3. The van der Waals surface area contributed by atoms with Gasteiger partial charge in [0.15, 0.2) is 0 Å². The Morgan fingerprint density at radius 2 is 2.18 bits per heavy atom. The second kappa shape index (κ2) is 3.89. The van der Waals surface area contributed by atoms with Crippen LogP contribution in [0.25, 0.3) is 11.3 Å². The summed E-state index contributed by atoms with van der Waals surface area (Å²) in [6.45, 7) is 2.29. The van der Waals surface area contributed by atoms with Crippen LogP contribution >= 0.6 is 0 Å². The highest BCUT2D eigenvalue weighted by atomic mass is 15.2. The molecule has 2 aromatic rings. The molecule has 1 saturated heterocycles. The van der Waals surface area contributed by atoms with Crippen LogP contribution in [0.5, 0.6) is 0 Å². The first kappa shape index (κ1) is 10.4. The van der Waals surface area contributed by atoms with E-state index in [1.807, 2.05) is 6.07 Å². The van der Waals surface area contributed by atoms with Crippen LogP contribution in [0.1, 0.15) is 11.5 Å². The predicted molar refractivity (Wildman–Crippen MR) is 68.7 cm³/mol. The third-order valence-electron chi connectivity index (χ3n) is 3.33. The lowest BCUT2D eigenvalue weighted by atomic mass is 9.90. The molecule has 0 atom stereocenters. The van der Waals surface area contributed by atoms with Crippen molar-refractivity contribution in [2.45, 2.75) is 5.92 Å². The summed E-state index contributed by atoms with van der Waals surface area (Å²) in [4.78, 5) is 2.32. The minimum Gasteiger partial charge on any atom is -0.382 e. The molecule has 0 amide bonds.